The van der Waals surface area contributed by atoms with Crippen LogP contribution < -0.4 is 5.32 Å². The van der Waals surface area contributed by atoms with Crippen LogP contribution in [0.1, 0.15) is 23.7 Å². The SMILES string of the molecule is C[C@@H](C#N)C[C@H](NC(=O)c1c2ccccc2cc2ccccc12)C(=O)O. The van der Waals surface area contributed by atoms with Crippen LogP contribution in [0.4, 0.5) is 0 Å². The maximum absolute atomic E-state index is 13.0. The van der Waals surface area contributed by atoms with Gasteiger partial charge in [-0.15, -0.1) is 0 Å². The minimum absolute atomic E-state index is 0.0558. The topological polar surface area (TPSA) is 90.2 Å². The van der Waals surface area contributed by atoms with Gasteiger partial charge in [0.05, 0.1) is 11.6 Å². The number of carbonyl (C=O) groups is 2. The molecule has 0 radical (unpaired) electrons. The Labute approximate surface area is 150 Å². The first-order valence-electron chi connectivity index (χ1n) is 8.35. The van der Waals surface area contributed by atoms with Gasteiger partial charge in [-0.25, -0.2) is 4.79 Å². The van der Waals surface area contributed by atoms with Crippen LogP contribution in [0.2, 0.25) is 0 Å². The van der Waals surface area contributed by atoms with Crippen molar-refractivity contribution in [2.75, 3.05) is 0 Å². The summed E-state index contributed by atoms with van der Waals surface area (Å²) >= 11 is 0. The van der Waals surface area contributed by atoms with Crippen LogP contribution in [0.5, 0.6) is 0 Å². The molecule has 0 saturated heterocycles. The molecule has 0 aliphatic heterocycles. The van der Waals surface area contributed by atoms with Gasteiger partial charge in [-0.1, -0.05) is 48.5 Å². The van der Waals surface area contributed by atoms with Gasteiger partial charge >= 0.3 is 5.97 Å². The van der Waals surface area contributed by atoms with Crippen molar-refractivity contribution < 1.29 is 14.7 Å². The quantitative estimate of drug-likeness (QED) is 0.689. The van der Waals surface area contributed by atoms with Crippen molar-refractivity contribution in [2.45, 2.75) is 19.4 Å². The molecule has 3 aromatic carbocycles. The van der Waals surface area contributed by atoms with E-state index in [9.17, 15) is 14.7 Å². The van der Waals surface area contributed by atoms with Gasteiger partial charge in [0.2, 0.25) is 0 Å². The summed E-state index contributed by atoms with van der Waals surface area (Å²) < 4.78 is 0. The van der Waals surface area contributed by atoms with Crippen molar-refractivity contribution >= 4 is 33.4 Å². The molecule has 0 spiro atoms. The van der Waals surface area contributed by atoms with Crippen molar-refractivity contribution in [1.29, 1.82) is 5.26 Å². The number of nitriles is 1. The van der Waals surface area contributed by atoms with E-state index < -0.39 is 23.8 Å². The third kappa shape index (κ3) is 3.35. The van der Waals surface area contributed by atoms with Gasteiger partial charge in [0.15, 0.2) is 0 Å². The van der Waals surface area contributed by atoms with Gasteiger partial charge in [0.1, 0.15) is 6.04 Å². The molecule has 3 aromatic rings. The smallest absolute Gasteiger partial charge is 0.326 e. The first-order chi connectivity index (χ1) is 12.5. The van der Waals surface area contributed by atoms with E-state index >= 15 is 0 Å². The van der Waals surface area contributed by atoms with Crippen LogP contribution in [-0.4, -0.2) is 23.0 Å². The summed E-state index contributed by atoms with van der Waals surface area (Å²) in [5.41, 5.74) is 0.453. The second-order valence-electron chi connectivity index (χ2n) is 6.32. The Kier molecular flexibility index (Phi) is 4.85. The standard InChI is InChI=1S/C21H18N2O3/c1-13(12-22)10-18(21(25)26)23-20(24)19-16-8-4-2-6-14(16)11-15-7-3-5-9-17(15)19/h2-9,11,13,18H,10H2,1H3,(H,23,24)(H,25,26)/t13-,18+/m1/s1. The summed E-state index contributed by atoms with van der Waals surface area (Å²) in [6, 6.07) is 17.9. The minimum atomic E-state index is -1.15. The van der Waals surface area contributed by atoms with Crippen LogP contribution in [0.3, 0.4) is 0 Å². The highest BCUT2D eigenvalue weighted by Gasteiger charge is 2.24. The van der Waals surface area contributed by atoms with E-state index in [1.54, 1.807) is 6.92 Å². The lowest BCUT2D eigenvalue weighted by Crippen LogP contribution is -2.41. The predicted molar refractivity (Wildman–Crippen MR) is 99.7 cm³/mol. The molecule has 0 bridgehead atoms. The number of hydrogen-bond acceptors (Lipinski definition) is 3. The van der Waals surface area contributed by atoms with Gasteiger partial charge in [0, 0.05) is 5.92 Å². The van der Waals surface area contributed by atoms with Crippen molar-refractivity contribution in [3.63, 3.8) is 0 Å². The summed E-state index contributed by atoms with van der Waals surface area (Å²) in [7, 11) is 0. The molecule has 3 rings (SSSR count). The summed E-state index contributed by atoms with van der Waals surface area (Å²) in [5.74, 6) is -2.07. The Morgan fingerprint density at radius 1 is 1.08 bits per heavy atom. The number of fused-ring (bicyclic) bond motifs is 2. The summed E-state index contributed by atoms with van der Waals surface area (Å²) in [5, 5.41) is 24.3. The van der Waals surface area contributed by atoms with Crippen LogP contribution in [0, 0.1) is 17.2 Å². The highest BCUT2D eigenvalue weighted by atomic mass is 16.4. The summed E-state index contributed by atoms with van der Waals surface area (Å²) in [6.07, 6.45) is 0.0558. The van der Waals surface area contributed by atoms with Crippen LogP contribution >= 0.6 is 0 Å². The third-order valence-corrected chi connectivity index (χ3v) is 4.41. The van der Waals surface area contributed by atoms with Crippen molar-refractivity contribution in [3.05, 3.63) is 60.2 Å². The number of carboxylic acids is 1. The lowest BCUT2D eigenvalue weighted by atomic mass is 9.95. The number of aliphatic carboxylic acids is 1. The Bertz CT molecular complexity index is 982. The van der Waals surface area contributed by atoms with Crippen molar-refractivity contribution in [2.24, 2.45) is 5.92 Å². The van der Waals surface area contributed by atoms with Crippen molar-refractivity contribution in [3.8, 4) is 6.07 Å². The molecule has 1 amide bonds. The fourth-order valence-electron chi connectivity index (χ4n) is 3.12. The predicted octanol–water partition coefficient (Wildman–Crippen LogP) is 3.73. The van der Waals surface area contributed by atoms with E-state index in [-0.39, 0.29) is 6.42 Å². The molecular formula is C21H18N2O3. The number of nitrogens with one attached hydrogen (secondary N) is 1. The van der Waals surface area contributed by atoms with Gasteiger partial charge in [-0.05, 0) is 41.0 Å². The first-order valence-corrected chi connectivity index (χ1v) is 8.35. The third-order valence-electron chi connectivity index (χ3n) is 4.41. The van der Waals surface area contributed by atoms with Crippen LogP contribution in [-0.2, 0) is 4.79 Å². The van der Waals surface area contributed by atoms with Gasteiger partial charge in [0.25, 0.3) is 5.91 Å². The molecule has 0 heterocycles. The minimum Gasteiger partial charge on any atom is -0.480 e. The highest BCUT2D eigenvalue weighted by Crippen LogP contribution is 2.28. The fraction of sp³-hybridized carbons (Fsp3) is 0.190. The zero-order chi connectivity index (χ0) is 18.7. The monoisotopic (exact) mass is 346 g/mol. The first kappa shape index (κ1) is 17.4. The van der Waals surface area contributed by atoms with Crippen LogP contribution in [0.25, 0.3) is 21.5 Å². The lowest BCUT2D eigenvalue weighted by Gasteiger charge is -2.17. The van der Waals surface area contributed by atoms with E-state index in [0.717, 1.165) is 21.5 Å². The molecule has 0 aliphatic carbocycles. The van der Waals surface area contributed by atoms with E-state index in [0.29, 0.717) is 5.56 Å². The normalized spacial score (nSPS) is 13.1. The number of benzene rings is 3. The zero-order valence-electron chi connectivity index (χ0n) is 14.3. The maximum atomic E-state index is 13.0. The van der Waals surface area contributed by atoms with Crippen LogP contribution in [0.15, 0.2) is 54.6 Å². The molecule has 130 valence electrons. The number of hydrogen-bond donors (Lipinski definition) is 2. The summed E-state index contributed by atoms with van der Waals surface area (Å²) in [4.78, 5) is 24.5. The molecule has 0 saturated carbocycles. The van der Waals surface area contributed by atoms with Crippen molar-refractivity contribution in [1.82, 2.24) is 5.32 Å². The molecule has 0 unspecified atom stereocenters. The second kappa shape index (κ2) is 7.24. The largest absolute Gasteiger partial charge is 0.480 e. The average Bonchev–Trinajstić information content (AvgIpc) is 2.65. The Hall–Kier alpha value is -3.39. The molecule has 5 nitrogen and oxygen atoms in total. The molecule has 2 N–H and O–H groups in total. The average molecular weight is 346 g/mol. The number of carbonyl (C=O) groups excluding carboxylic acids is 1. The molecule has 0 fully saturated rings. The highest BCUT2D eigenvalue weighted by molar-refractivity contribution is 6.18. The molecule has 5 heteroatoms. The fourth-order valence-corrected chi connectivity index (χ4v) is 3.12. The van der Waals surface area contributed by atoms with Gasteiger partial charge in [-0.2, -0.15) is 5.26 Å². The Balaban J connectivity index is 2.09. The molecule has 2 atom stereocenters. The molecule has 0 aromatic heterocycles. The number of carboxylic acid groups (broad SMARTS) is 1. The second-order valence-corrected chi connectivity index (χ2v) is 6.32. The number of rotatable bonds is 5. The molecular weight excluding hydrogens is 328 g/mol. The lowest BCUT2D eigenvalue weighted by molar-refractivity contribution is -0.139. The Morgan fingerprint density at radius 2 is 1.62 bits per heavy atom. The molecule has 26 heavy (non-hydrogen) atoms. The van der Waals surface area contributed by atoms with E-state index in [1.807, 2.05) is 60.7 Å². The molecule has 0 aliphatic rings. The van der Waals surface area contributed by atoms with E-state index in [2.05, 4.69) is 5.32 Å². The number of nitrogens with zero attached hydrogens (tertiary/aromatic N) is 1. The zero-order valence-corrected chi connectivity index (χ0v) is 14.3. The van der Waals surface area contributed by atoms with Gasteiger partial charge < -0.3 is 10.4 Å². The number of amides is 1. The van der Waals surface area contributed by atoms with Gasteiger partial charge in [-0.3, -0.25) is 4.79 Å². The maximum Gasteiger partial charge on any atom is 0.326 e. The van der Waals surface area contributed by atoms with E-state index in [1.165, 1.54) is 0 Å². The Morgan fingerprint density at radius 3 is 2.12 bits per heavy atom. The summed E-state index contributed by atoms with van der Waals surface area (Å²) in [6.45, 7) is 1.63. The van der Waals surface area contributed by atoms with E-state index in [4.69, 9.17) is 5.26 Å².